The summed E-state index contributed by atoms with van der Waals surface area (Å²) in [5.74, 6) is 1.07. The zero-order valence-corrected chi connectivity index (χ0v) is 14.3. The number of alkyl halides is 3. The van der Waals surface area contributed by atoms with E-state index in [2.05, 4.69) is 20.3 Å². The van der Waals surface area contributed by atoms with Gasteiger partial charge in [-0.15, -0.1) is 10.2 Å². The highest BCUT2D eigenvalue weighted by atomic mass is 19.4. The van der Waals surface area contributed by atoms with Crippen molar-refractivity contribution in [1.29, 1.82) is 0 Å². The summed E-state index contributed by atoms with van der Waals surface area (Å²) < 4.78 is 47.4. The zero-order valence-electron chi connectivity index (χ0n) is 14.3. The standard InChI is InChI=1S/C17H13F3N6O/c1-25-8-7-11(24-25)16-21-12-9-10(17(18,19)20)3-4-13(12)26(16)14-5-6-15(27-2)23-22-14/h3-9H,1-2H3. The van der Waals surface area contributed by atoms with E-state index in [-0.39, 0.29) is 5.52 Å². The summed E-state index contributed by atoms with van der Waals surface area (Å²) in [7, 11) is 3.21. The minimum Gasteiger partial charge on any atom is -0.480 e. The summed E-state index contributed by atoms with van der Waals surface area (Å²) in [5.41, 5.74) is 0.374. The molecule has 0 saturated carbocycles. The van der Waals surface area contributed by atoms with Crippen LogP contribution in [0.15, 0.2) is 42.6 Å². The predicted octanol–water partition coefficient (Wildman–Crippen LogP) is 3.24. The van der Waals surface area contributed by atoms with E-state index in [0.29, 0.717) is 28.7 Å². The van der Waals surface area contributed by atoms with Gasteiger partial charge in [0, 0.05) is 19.3 Å². The van der Waals surface area contributed by atoms with Crippen LogP contribution in [0.5, 0.6) is 5.88 Å². The van der Waals surface area contributed by atoms with Gasteiger partial charge in [0.15, 0.2) is 11.6 Å². The first-order valence-corrected chi connectivity index (χ1v) is 7.84. The molecule has 0 saturated heterocycles. The van der Waals surface area contributed by atoms with Crippen LogP contribution in [0.4, 0.5) is 13.2 Å². The van der Waals surface area contributed by atoms with Crippen LogP contribution in [0.3, 0.4) is 0 Å². The van der Waals surface area contributed by atoms with Gasteiger partial charge in [-0.25, -0.2) is 4.98 Å². The van der Waals surface area contributed by atoms with Gasteiger partial charge < -0.3 is 4.74 Å². The monoisotopic (exact) mass is 374 g/mol. The third kappa shape index (κ3) is 2.98. The Morgan fingerprint density at radius 1 is 1.04 bits per heavy atom. The van der Waals surface area contributed by atoms with E-state index in [0.717, 1.165) is 12.1 Å². The van der Waals surface area contributed by atoms with Crippen LogP contribution in [0.2, 0.25) is 0 Å². The average molecular weight is 374 g/mol. The lowest BCUT2D eigenvalue weighted by molar-refractivity contribution is -0.137. The van der Waals surface area contributed by atoms with Crippen molar-refractivity contribution in [2.75, 3.05) is 7.11 Å². The van der Waals surface area contributed by atoms with Crippen LogP contribution in [0.1, 0.15) is 5.56 Å². The molecule has 138 valence electrons. The summed E-state index contributed by atoms with van der Waals surface area (Å²) in [4.78, 5) is 4.38. The number of nitrogens with zero attached hydrogens (tertiary/aromatic N) is 6. The van der Waals surface area contributed by atoms with Gasteiger partial charge in [0.1, 0.15) is 5.69 Å². The summed E-state index contributed by atoms with van der Waals surface area (Å²) in [6.45, 7) is 0. The maximum atomic E-state index is 13.1. The highest BCUT2D eigenvalue weighted by Gasteiger charge is 2.31. The van der Waals surface area contributed by atoms with E-state index in [1.165, 1.54) is 13.2 Å². The summed E-state index contributed by atoms with van der Waals surface area (Å²) in [6.07, 6.45) is -2.73. The van der Waals surface area contributed by atoms with Gasteiger partial charge in [0.25, 0.3) is 0 Å². The number of aryl methyl sites for hydroxylation is 1. The first kappa shape index (κ1) is 17.0. The van der Waals surface area contributed by atoms with Crippen LogP contribution in [0, 0.1) is 0 Å². The molecule has 0 radical (unpaired) electrons. The van der Waals surface area contributed by atoms with Gasteiger partial charge in [-0.3, -0.25) is 9.25 Å². The van der Waals surface area contributed by atoms with Gasteiger partial charge in [-0.2, -0.15) is 18.3 Å². The van der Waals surface area contributed by atoms with E-state index in [1.54, 1.807) is 40.7 Å². The fraction of sp³-hybridized carbons (Fsp3) is 0.176. The number of aromatic nitrogens is 6. The highest BCUT2D eigenvalue weighted by molar-refractivity contribution is 5.83. The Balaban J connectivity index is 1.98. The third-order valence-corrected chi connectivity index (χ3v) is 3.99. The number of methoxy groups -OCH3 is 1. The minimum absolute atomic E-state index is 0.183. The van der Waals surface area contributed by atoms with Crippen LogP contribution in [0.25, 0.3) is 28.4 Å². The number of halogens is 3. The number of ether oxygens (including phenoxy) is 1. The van der Waals surface area contributed by atoms with Crippen LogP contribution >= 0.6 is 0 Å². The molecule has 0 aliphatic heterocycles. The van der Waals surface area contributed by atoms with Crippen molar-refractivity contribution in [3.05, 3.63) is 48.2 Å². The molecule has 0 amide bonds. The first-order valence-electron chi connectivity index (χ1n) is 7.84. The Kier molecular flexibility index (Phi) is 3.83. The number of rotatable bonds is 3. The molecule has 0 fully saturated rings. The molecular weight excluding hydrogens is 361 g/mol. The number of fused-ring (bicyclic) bond motifs is 1. The van der Waals surface area contributed by atoms with Crippen LogP contribution < -0.4 is 4.74 Å². The van der Waals surface area contributed by atoms with Crippen LogP contribution in [-0.2, 0) is 13.2 Å². The lowest BCUT2D eigenvalue weighted by atomic mass is 10.2. The molecule has 0 aliphatic carbocycles. The van der Waals surface area contributed by atoms with E-state index < -0.39 is 11.7 Å². The molecule has 4 rings (SSSR count). The Bertz CT molecular complexity index is 1110. The molecule has 1 aromatic carbocycles. The molecule has 0 atom stereocenters. The second-order valence-electron chi connectivity index (χ2n) is 5.78. The second-order valence-corrected chi connectivity index (χ2v) is 5.78. The smallest absolute Gasteiger partial charge is 0.416 e. The van der Waals surface area contributed by atoms with Crippen molar-refractivity contribution in [3.8, 4) is 23.2 Å². The topological polar surface area (TPSA) is 70.7 Å². The average Bonchev–Trinajstić information content (AvgIpc) is 3.23. The fourth-order valence-electron chi connectivity index (χ4n) is 2.74. The third-order valence-electron chi connectivity index (χ3n) is 3.99. The Labute approximate surface area is 151 Å². The molecule has 0 aliphatic rings. The maximum Gasteiger partial charge on any atom is 0.416 e. The molecule has 27 heavy (non-hydrogen) atoms. The van der Waals surface area contributed by atoms with Gasteiger partial charge >= 0.3 is 6.18 Å². The van der Waals surface area contributed by atoms with Gasteiger partial charge in [0.05, 0.1) is 23.7 Å². The van der Waals surface area contributed by atoms with Gasteiger partial charge in [-0.05, 0) is 30.3 Å². The summed E-state index contributed by atoms with van der Waals surface area (Å²) in [5, 5.41) is 12.3. The highest BCUT2D eigenvalue weighted by Crippen LogP contribution is 2.33. The Hall–Kier alpha value is -3.43. The molecule has 10 heteroatoms. The Morgan fingerprint density at radius 3 is 2.44 bits per heavy atom. The van der Waals surface area contributed by atoms with E-state index in [9.17, 15) is 13.2 Å². The second kappa shape index (κ2) is 6.08. The van der Waals surface area contributed by atoms with Gasteiger partial charge in [-0.1, -0.05) is 0 Å². The van der Waals surface area contributed by atoms with Crippen molar-refractivity contribution in [3.63, 3.8) is 0 Å². The number of benzene rings is 1. The lowest BCUT2D eigenvalue weighted by Crippen LogP contribution is -2.05. The lowest BCUT2D eigenvalue weighted by Gasteiger charge is -2.08. The molecule has 3 heterocycles. The number of hydrogen-bond donors (Lipinski definition) is 0. The summed E-state index contributed by atoms with van der Waals surface area (Å²) in [6, 6.07) is 8.37. The zero-order chi connectivity index (χ0) is 19.2. The van der Waals surface area contributed by atoms with Gasteiger partial charge in [0.2, 0.25) is 5.88 Å². The maximum absolute atomic E-state index is 13.1. The normalized spacial score (nSPS) is 11.9. The van der Waals surface area contributed by atoms with Crippen molar-refractivity contribution >= 4 is 11.0 Å². The number of hydrogen-bond acceptors (Lipinski definition) is 5. The molecule has 7 nitrogen and oxygen atoms in total. The van der Waals surface area contributed by atoms with E-state index >= 15 is 0 Å². The Morgan fingerprint density at radius 2 is 1.85 bits per heavy atom. The van der Waals surface area contributed by atoms with Crippen molar-refractivity contribution in [2.24, 2.45) is 7.05 Å². The SMILES string of the molecule is COc1ccc(-n2c(-c3ccn(C)n3)nc3cc(C(F)(F)F)ccc32)nn1. The molecule has 0 N–H and O–H groups in total. The quantitative estimate of drug-likeness (QED) is 0.551. The van der Waals surface area contributed by atoms with Crippen molar-refractivity contribution in [2.45, 2.75) is 6.18 Å². The first-order chi connectivity index (χ1) is 12.9. The largest absolute Gasteiger partial charge is 0.480 e. The van der Waals surface area contributed by atoms with E-state index in [4.69, 9.17) is 4.74 Å². The molecule has 3 aromatic heterocycles. The van der Waals surface area contributed by atoms with Crippen molar-refractivity contribution in [1.82, 2.24) is 29.5 Å². The molecule has 0 unspecified atom stereocenters. The fourth-order valence-corrected chi connectivity index (χ4v) is 2.74. The minimum atomic E-state index is -4.46. The predicted molar refractivity (Wildman–Crippen MR) is 90.4 cm³/mol. The summed E-state index contributed by atoms with van der Waals surface area (Å²) >= 11 is 0. The molecule has 0 bridgehead atoms. The molecule has 0 spiro atoms. The number of imidazole rings is 1. The van der Waals surface area contributed by atoms with E-state index in [1.807, 2.05) is 0 Å². The van der Waals surface area contributed by atoms with Crippen molar-refractivity contribution < 1.29 is 17.9 Å². The van der Waals surface area contributed by atoms with Crippen LogP contribution in [-0.4, -0.2) is 36.6 Å². The molecule has 4 aromatic rings. The molecular formula is C17H13F3N6O.